The number of rotatable bonds is 10. The van der Waals surface area contributed by atoms with E-state index < -0.39 is 5.97 Å². The minimum atomic E-state index is -1.00. The molecule has 40 heavy (non-hydrogen) atoms. The van der Waals surface area contributed by atoms with Crippen LogP contribution in [0.2, 0.25) is 0 Å². The normalized spacial score (nSPS) is 11.1. The number of esters is 1. The maximum atomic E-state index is 13.0. The Morgan fingerprint density at radius 3 is 2.45 bits per heavy atom. The molecule has 3 aromatic carbocycles. The number of pyridine rings is 1. The third-order valence-electron chi connectivity index (χ3n) is 7.11. The fraction of sp³-hybridized carbons (Fsp3) is 0.206. The number of imidazole rings is 1. The Labute approximate surface area is 233 Å². The molecule has 0 bridgehead atoms. The molecular weight excluding hydrogens is 500 g/mol. The van der Waals surface area contributed by atoms with Crippen LogP contribution in [0.25, 0.3) is 27.9 Å². The van der Waals surface area contributed by atoms with E-state index in [4.69, 9.17) is 9.72 Å². The lowest BCUT2D eigenvalue weighted by Gasteiger charge is -2.13. The van der Waals surface area contributed by atoms with Crippen LogP contribution in [-0.4, -0.2) is 26.4 Å². The first-order valence-electron chi connectivity index (χ1n) is 13.6. The van der Waals surface area contributed by atoms with Crippen molar-refractivity contribution in [1.82, 2.24) is 9.38 Å². The molecule has 6 nitrogen and oxygen atoms in total. The molecule has 0 atom stereocenters. The van der Waals surface area contributed by atoms with Crippen LogP contribution in [0, 0.1) is 6.92 Å². The highest BCUT2D eigenvalue weighted by Crippen LogP contribution is 2.31. The number of ether oxygens (including phenoxy) is 1. The number of aromatic carboxylic acids is 1. The zero-order valence-corrected chi connectivity index (χ0v) is 22.8. The molecule has 0 spiro atoms. The fourth-order valence-electron chi connectivity index (χ4n) is 4.97. The lowest BCUT2D eigenvalue weighted by molar-refractivity contribution is -0.144. The van der Waals surface area contributed by atoms with E-state index in [1.54, 1.807) is 6.07 Å². The van der Waals surface area contributed by atoms with E-state index in [2.05, 4.69) is 6.92 Å². The molecular formula is C34H32N2O4. The van der Waals surface area contributed by atoms with E-state index in [1.807, 2.05) is 96.4 Å². The maximum Gasteiger partial charge on any atom is 0.336 e. The standard InChI is InChI=1S/C34H32N2O4/c1-3-4-13-27-21-36-28(17-15-23(2)33(36)35-27)22-40-32(37)20-25-12-8-9-14-29(25)26-16-18-30(31(19-26)34(38)39)24-10-6-5-7-11-24/h5-12,14-19,21H,3-4,13,20,22H2,1-2H3,(H,38,39). The highest BCUT2D eigenvalue weighted by Gasteiger charge is 2.17. The summed E-state index contributed by atoms with van der Waals surface area (Å²) in [5.74, 6) is -1.36. The molecule has 0 aliphatic rings. The maximum absolute atomic E-state index is 13.0. The Balaban J connectivity index is 1.35. The summed E-state index contributed by atoms with van der Waals surface area (Å²) in [6.07, 6.45) is 5.21. The van der Waals surface area contributed by atoms with Crippen molar-refractivity contribution in [1.29, 1.82) is 0 Å². The average molecular weight is 533 g/mol. The molecule has 5 rings (SSSR count). The van der Waals surface area contributed by atoms with E-state index in [9.17, 15) is 14.7 Å². The van der Waals surface area contributed by atoms with E-state index in [0.717, 1.165) is 64.1 Å². The van der Waals surface area contributed by atoms with E-state index in [-0.39, 0.29) is 24.6 Å². The molecule has 5 aromatic rings. The van der Waals surface area contributed by atoms with Gasteiger partial charge in [-0.3, -0.25) is 4.79 Å². The first-order chi connectivity index (χ1) is 19.4. The van der Waals surface area contributed by atoms with Gasteiger partial charge in [-0.05, 0) is 65.3 Å². The number of hydrogen-bond acceptors (Lipinski definition) is 4. The van der Waals surface area contributed by atoms with Crippen LogP contribution in [0.15, 0.2) is 91.1 Å². The predicted octanol–water partition coefficient (Wildman–Crippen LogP) is 7.30. The molecule has 1 N–H and O–H groups in total. The Kier molecular flexibility index (Phi) is 8.06. The number of carbonyl (C=O) groups is 2. The lowest BCUT2D eigenvalue weighted by Crippen LogP contribution is -2.11. The van der Waals surface area contributed by atoms with Crippen molar-refractivity contribution in [3.63, 3.8) is 0 Å². The summed E-state index contributed by atoms with van der Waals surface area (Å²) < 4.78 is 7.74. The second-order valence-corrected chi connectivity index (χ2v) is 9.96. The van der Waals surface area contributed by atoms with Gasteiger partial charge < -0.3 is 14.2 Å². The summed E-state index contributed by atoms with van der Waals surface area (Å²) >= 11 is 0. The van der Waals surface area contributed by atoms with Gasteiger partial charge in [0.1, 0.15) is 12.3 Å². The van der Waals surface area contributed by atoms with Gasteiger partial charge in [0.15, 0.2) is 0 Å². The van der Waals surface area contributed by atoms with Crippen molar-refractivity contribution in [3.05, 3.63) is 119 Å². The summed E-state index contributed by atoms with van der Waals surface area (Å²) in [5.41, 5.74) is 7.87. The highest BCUT2D eigenvalue weighted by molar-refractivity contribution is 5.98. The van der Waals surface area contributed by atoms with Crippen molar-refractivity contribution >= 4 is 17.6 Å². The van der Waals surface area contributed by atoms with Crippen LogP contribution in [0.1, 0.15) is 52.6 Å². The van der Waals surface area contributed by atoms with Crippen LogP contribution in [0.4, 0.5) is 0 Å². The topological polar surface area (TPSA) is 80.9 Å². The second kappa shape index (κ2) is 12.0. The van der Waals surface area contributed by atoms with Crippen LogP contribution in [-0.2, 0) is 29.0 Å². The third-order valence-corrected chi connectivity index (χ3v) is 7.11. The van der Waals surface area contributed by atoms with E-state index >= 15 is 0 Å². The summed E-state index contributed by atoms with van der Waals surface area (Å²) in [5, 5.41) is 9.95. The third kappa shape index (κ3) is 5.81. The van der Waals surface area contributed by atoms with Crippen molar-refractivity contribution in [2.75, 3.05) is 0 Å². The van der Waals surface area contributed by atoms with Crippen molar-refractivity contribution < 1.29 is 19.4 Å². The largest absolute Gasteiger partial charge is 0.478 e. The van der Waals surface area contributed by atoms with E-state index in [1.165, 1.54) is 0 Å². The molecule has 2 aromatic heterocycles. The van der Waals surface area contributed by atoms with Crippen molar-refractivity contribution in [3.8, 4) is 22.3 Å². The number of carboxylic acid groups (broad SMARTS) is 1. The Morgan fingerprint density at radius 2 is 1.68 bits per heavy atom. The summed E-state index contributed by atoms with van der Waals surface area (Å²) in [6, 6.07) is 26.4. The number of unbranched alkanes of at least 4 members (excludes halogenated alkanes) is 1. The van der Waals surface area contributed by atoms with Crippen LogP contribution < -0.4 is 0 Å². The first kappa shape index (κ1) is 26.9. The number of hydrogen-bond donors (Lipinski definition) is 1. The zero-order chi connectivity index (χ0) is 28.1. The Hall–Kier alpha value is -4.71. The molecule has 0 aliphatic heterocycles. The van der Waals surface area contributed by atoms with Gasteiger partial charge in [-0.1, -0.05) is 86.1 Å². The van der Waals surface area contributed by atoms with Gasteiger partial charge in [0.05, 0.1) is 23.4 Å². The summed E-state index contributed by atoms with van der Waals surface area (Å²) in [6.45, 7) is 4.33. The van der Waals surface area contributed by atoms with Gasteiger partial charge >= 0.3 is 11.9 Å². The smallest absolute Gasteiger partial charge is 0.336 e. The number of carbonyl (C=O) groups excluding carboxylic acids is 1. The van der Waals surface area contributed by atoms with Crippen molar-refractivity contribution in [2.24, 2.45) is 0 Å². The number of carboxylic acids is 1. The SMILES string of the molecule is CCCCc1cn2c(COC(=O)Cc3ccccc3-c3ccc(-c4ccccc4)c(C(=O)O)c3)ccc(C)c2n1. The monoisotopic (exact) mass is 532 g/mol. The number of nitrogens with zero attached hydrogens (tertiary/aromatic N) is 2. The Morgan fingerprint density at radius 1 is 0.900 bits per heavy atom. The summed E-state index contributed by atoms with van der Waals surface area (Å²) in [4.78, 5) is 29.9. The molecule has 202 valence electrons. The second-order valence-electron chi connectivity index (χ2n) is 9.96. The quantitative estimate of drug-likeness (QED) is 0.191. The molecule has 0 saturated heterocycles. The Bertz CT molecular complexity index is 1670. The average Bonchev–Trinajstić information content (AvgIpc) is 3.41. The molecule has 0 radical (unpaired) electrons. The van der Waals surface area contributed by atoms with Gasteiger partial charge in [-0.25, -0.2) is 9.78 Å². The zero-order valence-electron chi connectivity index (χ0n) is 22.8. The number of fused-ring (bicyclic) bond motifs is 1. The molecule has 0 fully saturated rings. The molecule has 2 heterocycles. The van der Waals surface area contributed by atoms with Crippen molar-refractivity contribution in [2.45, 2.75) is 46.1 Å². The number of aryl methyl sites for hydroxylation is 2. The number of aromatic nitrogens is 2. The van der Waals surface area contributed by atoms with Gasteiger partial charge in [0.25, 0.3) is 0 Å². The van der Waals surface area contributed by atoms with Gasteiger partial charge in [0.2, 0.25) is 0 Å². The first-order valence-corrected chi connectivity index (χ1v) is 13.6. The molecule has 6 heteroatoms. The van der Waals surface area contributed by atoms with E-state index in [0.29, 0.717) is 5.56 Å². The predicted molar refractivity (Wildman–Crippen MR) is 156 cm³/mol. The fourth-order valence-corrected chi connectivity index (χ4v) is 4.97. The van der Waals surface area contributed by atoms with Crippen LogP contribution in [0.3, 0.4) is 0 Å². The van der Waals surface area contributed by atoms with Crippen LogP contribution >= 0.6 is 0 Å². The minimum absolute atomic E-state index is 0.0691. The minimum Gasteiger partial charge on any atom is -0.478 e. The molecule has 0 aliphatic carbocycles. The van der Waals surface area contributed by atoms with Gasteiger partial charge in [-0.2, -0.15) is 0 Å². The highest BCUT2D eigenvalue weighted by atomic mass is 16.5. The lowest BCUT2D eigenvalue weighted by atomic mass is 9.92. The molecule has 0 unspecified atom stereocenters. The molecule has 0 saturated carbocycles. The van der Waals surface area contributed by atoms with Gasteiger partial charge in [-0.15, -0.1) is 0 Å². The molecule has 0 amide bonds. The summed E-state index contributed by atoms with van der Waals surface area (Å²) in [7, 11) is 0. The number of benzene rings is 3. The van der Waals surface area contributed by atoms with Gasteiger partial charge in [0, 0.05) is 6.20 Å². The van der Waals surface area contributed by atoms with Crippen LogP contribution in [0.5, 0.6) is 0 Å².